The standard InChI is InChI=1S/C12H10N4O3S/c1-20(18,19)8-4-2-3-7(5-8)10-15-9-11(16-10)13-6-14-12(9)17/h2-6H,1H3,(H2,13,14,15,16,17). The molecule has 3 aromatic rings. The summed E-state index contributed by atoms with van der Waals surface area (Å²) in [7, 11) is -3.30. The highest BCUT2D eigenvalue weighted by Crippen LogP contribution is 2.21. The van der Waals surface area contributed by atoms with Crippen LogP contribution in [-0.2, 0) is 9.84 Å². The number of hydrogen-bond donors (Lipinski definition) is 2. The maximum absolute atomic E-state index is 11.6. The van der Waals surface area contributed by atoms with Crippen molar-refractivity contribution in [2.75, 3.05) is 6.26 Å². The van der Waals surface area contributed by atoms with Crippen LogP contribution in [0.2, 0.25) is 0 Å². The Morgan fingerprint density at radius 3 is 2.75 bits per heavy atom. The summed E-state index contributed by atoms with van der Waals surface area (Å²) in [6.07, 6.45) is 2.41. The van der Waals surface area contributed by atoms with Gasteiger partial charge in [-0.3, -0.25) is 4.79 Å². The lowest BCUT2D eigenvalue weighted by Crippen LogP contribution is -2.05. The van der Waals surface area contributed by atoms with Crippen molar-refractivity contribution in [2.45, 2.75) is 4.90 Å². The van der Waals surface area contributed by atoms with Crippen LogP contribution in [0.25, 0.3) is 22.6 Å². The van der Waals surface area contributed by atoms with Crippen molar-refractivity contribution in [3.63, 3.8) is 0 Å². The number of sulfone groups is 1. The molecule has 0 bridgehead atoms. The summed E-state index contributed by atoms with van der Waals surface area (Å²) >= 11 is 0. The van der Waals surface area contributed by atoms with E-state index < -0.39 is 9.84 Å². The maximum Gasteiger partial charge on any atom is 0.278 e. The summed E-state index contributed by atoms with van der Waals surface area (Å²) < 4.78 is 23.1. The van der Waals surface area contributed by atoms with Gasteiger partial charge in [-0.1, -0.05) is 12.1 Å². The van der Waals surface area contributed by atoms with Crippen molar-refractivity contribution in [3.8, 4) is 11.4 Å². The summed E-state index contributed by atoms with van der Waals surface area (Å²) in [5.41, 5.74) is 0.767. The number of nitrogens with zero attached hydrogens (tertiary/aromatic N) is 2. The Morgan fingerprint density at radius 1 is 1.25 bits per heavy atom. The molecule has 3 rings (SSSR count). The van der Waals surface area contributed by atoms with Gasteiger partial charge in [-0.15, -0.1) is 0 Å². The molecule has 8 heteroatoms. The van der Waals surface area contributed by atoms with Crippen molar-refractivity contribution in [1.29, 1.82) is 0 Å². The van der Waals surface area contributed by atoms with Crippen LogP contribution in [0.3, 0.4) is 0 Å². The number of imidazole rings is 1. The van der Waals surface area contributed by atoms with E-state index in [0.29, 0.717) is 17.0 Å². The van der Waals surface area contributed by atoms with E-state index in [1.165, 1.54) is 18.5 Å². The SMILES string of the molecule is CS(=O)(=O)c1cccc(-c2nc3c(=O)[nH]cnc3[nH]2)c1. The van der Waals surface area contributed by atoms with Crippen molar-refractivity contribution in [3.05, 3.63) is 40.9 Å². The molecule has 0 amide bonds. The average Bonchev–Trinajstić information content (AvgIpc) is 2.83. The highest BCUT2D eigenvalue weighted by Gasteiger charge is 2.12. The minimum Gasteiger partial charge on any atom is -0.322 e. The zero-order chi connectivity index (χ0) is 14.3. The highest BCUT2D eigenvalue weighted by atomic mass is 32.2. The van der Waals surface area contributed by atoms with Crippen LogP contribution < -0.4 is 5.56 Å². The van der Waals surface area contributed by atoms with E-state index in [1.807, 2.05) is 0 Å². The fraction of sp³-hybridized carbons (Fsp3) is 0.0833. The molecule has 7 nitrogen and oxygen atoms in total. The van der Waals surface area contributed by atoms with Crippen LogP contribution in [0.15, 0.2) is 40.3 Å². The minimum atomic E-state index is -3.30. The molecule has 2 heterocycles. The van der Waals surface area contributed by atoms with Gasteiger partial charge in [0.1, 0.15) is 5.82 Å². The number of aromatic amines is 2. The first-order chi connectivity index (χ1) is 9.45. The van der Waals surface area contributed by atoms with Gasteiger partial charge in [0, 0.05) is 11.8 Å². The van der Waals surface area contributed by atoms with Gasteiger partial charge in [-0.05, 0) is 12.1 Å². The summed E-state index contributed by atoms with van der Waals surface area (Å²) in [6.45, 7) is 0. The van der Waals surface area contributed by atoms with E-state index in [2.05, 4.69) is 19.9 Å². The molecule has 2 N–H and O–H groups in total. The fourth-order valence-electron chi connectivity index (χ4n) is 1.85. The normalized spacial score (nSPS) is 11.8. The summed E-state index contributed by atoms with van der Waals surface area (Å²) in [5, 5.41) is 0. The van der Waals surface area contributed by atoms with Crippen molar-refractivity contribution in [1.82, 2.24) is 19.9 Å². The predicted octanol–water partition coefficient (Wildman–Crippen LogP) is 0.717. The summed E-state index contributed by atoms with van der Waals surface area (Å²) in [5.74, 6) is 0.398. The largest absolute Gasteiger partial charge is 0.322 e. The first-order valence-corrected chi connectivity index (χ1v) is 7.58. The van der Waals surface area contributed by atoms with Gasteiger partial charge in [-0.2, -0.15) is 0 Å². The lowest BCUT2D eigenvalue weighted by molar-refractivity contribution is 0.602. The summed E-state index contributed by atoms with van der Waals surface area (Å²) in [4.78, 5) is 25.2. The number of aromatic nitrogens is 4. The zero-order valence-electron chi connectivity index (χ0n) is 10.4. The van der Waals surface area contributed by atoms with Gasteiger partial charge in [0.2, 0.25) is 0 Å². The Balaban J connectivity index is 2.21. The first kappa shape index (κ1) is 12.5. The van der Waals surface area contributed by atoms with E-state index in [9.17, 15) is 13.2 Å². The third-order valence-corrected chi connectivity index (χ3v) is 3.93. The van der Waals surface area contributed by atoms with Gasteiger partial charge in [0.05, 0.1) is 11.2 Å². The quantitative estimate of drug-likeness (QED) is 0.722. The molecule has 0 saturated carbocycles. The Bertz CT molecular complexity index is 956. The number of benzene rings is 1. The second-order valence-electron chi connectivity index (χ2n) is 4.31. The van der Waals surface area contributed by atoms with Gasteiger partial charge >= 0.3 is 0 Å². The Morgan fingerprint density at radius 2 is 2.05 bits per heavy atom. The molecule has 0 spiro atoms. The molecule has 0 aliphatic carbocycles. The van der Waals surface area contributed by atoms with Crippen molar-refractivity contribution < 1.29 is 8.42 Å². The second-order valence-corrected chi connectivity index (χ2v) is 6.33. The Kier molecular flexibility index (Phi) is 2.68. The monoisotopic (exact) mass is 290 g/mol. The number of fused-ring (bicyclic) bond motifs is 1. The molecule has 0 radical (unpaired) electrons. The molecule has 0 unspecified atom stereocenters. The third-order valence-electron chi connectivity index (χ3n) is 2.82. The van der Waals surface area contributed by atoms with Crippen LogP contribution in [0.5, 0.6) is 0 Å². The maximum atomic E-state index is 11.6. The van der Waals surface area contributed by atoms with Gasteiger partial charge < -0.3 is 9.97 Å². The van der Waals surface area contributed by atoms with Gasteiger partial charge in [-0.25, -0.2) is 18.4 Å². The zero-order valence-corrected chi connectivity index (χ0v) is 11.2. The summed E-state index contributed by atoms with van der Waals surface area (Å²) in [6, 6.07) is 6.34. The molecule has 0 saturated heterocycles. The Labute approximate surface area is 113 Å². The molecule has 0 fully saturated rings. The third kappa shape index (κ3) is 2.10. The van der Waals surface area contributed by atoms with E-state index >= 15 is 0 Å². The minimum absolute atomic E-state index is 0.187. The number of hydrogen-bond acceptors (Lipinski definition) is 5. The molecular formula is C12H10N4O3S. The van der Waals surface area contributed by atoms with Gasteiger partial charge in [0.15, 0.2) is 21.0 Å². The predicted molar refractivity (Wildman–Crippen MR) is 73.1 cm³/mol. The molecule has 2 aromatic heterocycles. The average molecular weight is 290 g/mol. The molecule has 1 aromatic carbocycles. The first-order valence-electron chi connectivity index (χ1n) is 5.69. The van der Waals surface area contributed by atoms with Crippen molar-refractivity contribution in [2.24, 2.45) is 0 Å². The van der Waals surface area contributed by atoms with Gasteiger partial charge in [0.25, 0.3) is 5.56 Å². The van der Waals surface area contributed by atoms with Crippen LogP contribution in [0.1, 0.15) is 0 Å². The number of rotatable bonds is 2. The van der Waals surface area contributed by atoms with E-state index in [4.69, 9.17) is 0 Å². The fourth-order valence-corrected chi connectivity index (χ4v) is 2.52. The molecule has 0 aliphatic heterocycles. The molecule has 20 heavy (non-hydrogen) atoms. The lowest BCUT2D eigenvalue weighted by Gasteiger charge is -2.00. The lowest BCUT2D eigenvalue weighted by atomic mass is 10.2. The smallest absolute Gasteiger partial charge is 0.278 e. The molecule has 102 valence electrons. The topological polar surface area (TPSA) is 109 Å². The second kappa shape index (κ2) is 4.27. The van der Waals surface area contributed by atoms with Crippen LogP contribution in [0, 0.1) is 0 Å². The molecule has 0 atom stereocenters. The number of nitrogens with one attached hydrogen (secondary N) is 2. The van der Waals surface area contributed by atoms with Crippen LogP contribution >= 0.6 is 0 Å². The molecule has 0 aliphatic rings. The molecular weight excluding hydrogens is 280 g/mol. The highest BCUT2D eigenvalue weighted by molar-refractivity contribution is 7.90. The Hall–Kier alpha value is -2.48. The number of H-pyrrole nitrogens is 2. The van der Waals surface area contributed by atoms with E-state index in [1.54, 1.807) is 12.1 Å². The van der Waals surface area contributed by atoms with Crippen LogP contribution in [0.4, 0.5) is 0 Å². The van der Waals surface area contributed by atoms with Crippen LogP contribution in [-0.4, -0.2) is 34.6 Å². The van der Waals surface area contributed by atoms with Crippen molar-refractivity contribution >= 4 is 21.0 Å². The van der Waals surface area contributed by atoms with E-state index in [-0.39, 0.29) is 16.0 Å². The van der Waals surface area contributed by atoms with E-state index in [0.717, 1.165) is 6.26 Å².